The summed E-state index contributed by atoms with van der Waals surface area (Å²) >= 11 is 0. The van der Waals surface area contributed by atoms with Gasteiger partial charge in [0.1, 0.15) is 0 Å². The highest BCUT2D eigenvalue weighted by molar-refractivity contribution is 5.89. The maximum atomic E-state index is 11.8. The van der Waals surface area contributed by atoms with Crippen molar-refractivity contribution < 1.29 is 14.6 Å². The number of aromatic hydroxyl groups is 1. The number of phenols is 1. The molecule has 24 heavy (non-hydrogen) atoms. The quantitative estimate of drug-likeness (QED) is 0.378. The summed E-state index contributed by atoms with van der Waals surface area (Å²) in [6.07, 6.45) is 14.8. The number of methoxy groups -OCH3 is 1. The SMILES string of the molecule is CCCCCCCCCCC(=O)C=CCc1ccc(OC)c(O)c1. The third kappa shape index (κ3) is 8.76. The van der Waals surface area contributed by atoms with Crippen molar-refractivity contribution >= 4 is 5.78 Å². The molecule has 1 rings (SSSR count). The van der Waals surface area contributed by atoms with Crippen molar-refractivity contribution in [3.63, 3.8) is 0 Å². The molecular formula is C21H32O3. The molecule has 0 spiro atoms. The number of allylic oxidation sites excluding steroid dienone is 2. The minimum absolute atomic E-state index is 0.133. The third-order valence-corrected chi connectivity index (χ3v) is 4.18. The van der Waals surface area contributed by atoms with Gasteiger partial charge in [-0.15, -0.1) is 0 Å². The Morgan fingerprint density at radius 1 is 1.08 bits per heavy atom. The lowest BCUT2D eigenvalue weighted by atomic mass is 10.1. The number of hydrogen-bond donors (Lipinski definition) is 1. The standard InChI is InChI=1S/C21H32O3/c1-3-4-5-6-7-8-9-10-13-19(22)14-11-12-18-15-16-21(24-2)20(23)17-18/h11,14-17,23H,3-10,12-13H2,1-2H3. The minimum Gasteiger partial charge on any atom is -0.504 e. The van der Waals surface area contributed by atoms with Gasteiger partial charge in [0, 0.05) is 6.42 Å². The molecule has 1 aromatic carbocycles. The molecule has 0 fully saturated rings. The zero-order chi connectivity index (χ0) is 17.6. The molecule has 0 amide bonds. The average molecular weight is 332 g/mol. The fraction of sp³-hybridized carbons (Fsp3) is 0.571. The van der Waals surface area contributed by atoms with E-state index in [9.17, 15) is 9.90 Å². The van der Waals surface area contributed by atoms with E-state index >= 15 is 0 Å². The van der Waals surface area contributed by atoms with Gasteiger partial charge < -0.3 is 9.84 Å². The van der Waals surface area contributed by atoms with Crippen molar-refractivity contribution in [2.24, 2.45) is 0 Å². The van der Waals surface area contributed by atoms with Crippen LogP contribution in [0.3, 0.4) is 0 Å². The number of rotatable bonds is 13. The van der Waals surface area contributed by atoms with E-state index in [0.717, 1.165) is 18.4 Å². The Hall–Kier alpha value is -1.77. The third-order valence-electron chi connectivity index (χ3n) is 4.18. The number of benzene rings is 1. The lowest BCUT2D eigenvalue weighted by Crippen LogP contribution is -1.93. The first kappa shape index (κ1) is 20.3. The molecule has 0 saturated carbocycles. The molecule has 3 heteroatoms. The van der Waals surface area contributed by atoms with Gasteiger partial charge in [0.2, 0.25) is 0 Å². The summed E-state index contributed by atoms with van der Waals surface area (Å²) in [5, 5.41) is 9.72. The second-order valence-electron chi connectivity index (χ2n) is 6.30. The molecule has 0 saturated heterocycles. The van der Waals surface area contributed by atoms with Crippen molar-refractivity contribution in [2.75, 3.05) is 7.11 Å². The van der Waals surface area contributed by atoms with E-state index in [-0.39, 0.29) is 11.5 Å². The number of carbonyl (C=O) groups is 1. The molecular weight excluding hydrogens is 300 g/mol. The van der Waals surface area contributed by atoms with Gasteiger partial charge in [-0.2, -0.15) is 0 Å². The molecule has 1 N–H and O–H groups in total. The molecule has 0 aliphatic heterocycles. The maximum Gasteiger partial charge on any atom is 0.160 e. The van der Waals surface area contributed by atoms with Crippen LogP contribution in [0.4, 0.5) is 0 Å². The van der Waals surface area contributed by atoms with Gasteiger partial charge in [-0.1, -0.05) is 64.0 Å². The largest absolute Gasteiger partial charge is 0.504 e. The highest BCUT2D eigenvalue weighted by atomic mass is 16.5. The van der Waals surface area contributed by atoms with E-state index in [1.165, 1.54) is 45.6 Å². The van der Waals surface area contributed by atoms with Crippen LogP contribution in [-0.2, 0) is 11.2 Å². The Morgan fingerprint density at radius 2 is 1.75 bits per heavy atom. The zero-order valence-electron chi connectivity index (χ0n) is 15.2. The second-order valence-corrected chi connectivity index (χ2v) is 6.30. The Balaban J connectivity index is 2.14. The van der Waals surface area contributed by atoms with Crippen LogP contribution >= 0.6 is 0 Å². The Kier molecular flexibility index (Phi) is 10.7. The van der Waals surface area contributed by atoms with Crippen molar-refractivity contribution in [1.82, 2.24) is 0 Å². The van der Waals surface area contributed by atoms with Crippen molar-refractivity contribution in [1.29, 1.82) is 0 Å². The number of ether oxygens (including phenoxy) is 1. The zero-order valence-corrected chi connectivity index (χ0v) is 15.2. The molecule has 1 aromatic rings. The summed E-state index contributed by atoms with van der Waals surface area (Å²) in [6.45, 7) is 2.23. The molecule has 0 radical (unpaired) electrons. The van der Waals surface area contributed by atoms with Crippen LogP contribution in [0, 0.1) is 0 Å². The Labute approximate surface area is 146 Å². The van der Waals surface area contributed by atoms with E-state index in [2.05, 4.69) is 6.92 Å². The first-order valence-electron chi connectivity index (χ1n) is 9.22. The van der Waals surface area contributed by atoms with Crippen LogP contribution in [0.1, 0.15) is 70.3 Å². The molecule has 134 valence electrons. The number of ketones is 1. The van der Waals surface area contributed by atoms with E-state index in [1.807, 2.05) is 12.1 Å². The summed E-state index contributed by atoms with van der Waals surface area (Å²) in [4.78, 5) is 11.8. The van der Waals surface area contributed by atoms with Gasteiger partial charge in [-0.25, -0.2) is 0 Å². The fourth-order valence-corrected chi connectivity index (χ4v) is 2.71. The Morgan fingerprint density at radius 3 is 2.38 bits per heavy atom. The van der Waals surface area contributed by atoms with E-state index in [4.69, 9.17) is 4.74 Å². The molecule has 0 bridgehead atoms. The van der Waals surface area contributed by atoms with Gasteiger partial charge in [0.25, 0.3) is 0 Å². The molecule has 0 aliphatic carbocycles. The lowest BCUT2D eigenvalue weighted by Gasteiger charge is -2.04. The molecule has 0 heterocycles. The average Bonchev–Trinajstić information content (AvgIpc) is 2.57. The van der Waals surface area contributed by atoms with Gasteiger partial charge in [-0.3, -0.25) is 4.79 Å². The van der Waals surface area contributed by atoms with Gasteiger partial charge in [0.15, 0.2) is 17.3 Å². The van der Waals surface area contributed by atoms with Crippen LogP contribution in [0.15, 0.2) is 30.4 Å². The van der Waals surface area contributed by atoms with E-state index in [0.29, 0.717) is 18.6 Å². The maximum absolute atomic E-state index is 11.8. The summed E-state index contributed by atoms with van der Waals surface area (Å²) in [6, 6.07) is 5.30. The Bertz CT molecular complexity index is 506. The highest BCUT2D eigenvalue weighted by Gasteiger charge is 2.02. The first-order chi connectivity index (χ1) is 11.7. The molecule has 0 unspecified atom stereocenters. The van der Waals surface area contributed by atoms with Gasteiger partial charge in [-0.05, 0) is 36.6 Å². The van der Waals surface area contributed by atoms with E-state index < -0.39 is 0 Å². The predicted molar refractivity (Wildman–Crippen MR) is 99.7 cm³/mol. The monoisotopic (exact) mass is 332 g/mol. The fourth-order valence-electron chi connectivity index (χ4n) is 2.71. The summed E-state index contributed by atoms with van der Waals surface area (Å²) < 4.78 is 5.01. The smallest absolute Gasteiger partial charge is 0.160 e. The summed E-state index contributed by atoms with van der Waals surface area (Å²) in [7, 11) is 1.53. The van der Waals surface area contributed by atoms with E-state index in [1.54, 1.807) is 18.2 Å². The minimum atomic E-state index is 0.133. The number of carbonyl (C=O) groups excluding carboxylic acids is 1. The highest BCUT2D eigenvalue weighted by Crippen LogP contribution is 2.26. The number of unbranched alkanes of at least 4 members (excludes halogenated alkanes) is 7. The van der Waals surface area contributed by atoms with Crippen LogP contribution in [0.5, 0.6) is 11.5 Å². The van der Waals surface area contributed by atoms with Crippen molar-refractivity contribution in [3.8, 4) is 11.5 Å². The number of phenolic OH excluding ortho intramolecular Hbond substituents is 1. The van der Waals surface area contributed by atoms with Gasteiger partial charge >= 0.3 is 0 Å². The van der Waals surface area contributed by atoms with Crippen LogP contribution < -0.4 is 4.74 Å². The topological polar surface area (TPSA) is 46.5 Å². The second kappa shape index (κ2) is 12.6. The molecule has 3 nitrogen and oxygen atoms in total. The lowest BCUT2D eigenvalue weighted by molar-refractivity contribution is -0.114. The molecule has 0 aromatic heterocycles. The number of hydrogen-bond acceptors (Lipinski definition) is 3. The van der Waals surface area contributed by atoms with Gasteiger partial charge in [0.05, 0.1) is 7.11 Å². The predicted octanol–water partition coefficient (Wildman–Crippen LogP) is 5.60. The van der Waals surface area contributed by atoms with Crippen molar-refractivity contribution in [2.45, 2.75) is 71.1 Å². The van der Waals surface area contributed by atoms with Crippen LogP contribution in [0.2, 0.25) is 0 Å². The normalized spacial score (nSPS) is 11.1. The van der Waals surface area contributed by atoms with Crippen molar-refractivity contribution in [3.05, 3.63) is 35.9 Å². The first-order valence-corrected chi connectivity index (χ1v) is 9.22. The van der Waals surface area contributed by atoms with Crippen LogP contribution in [0.25, 0.3) is 0 Å². The van der Waals surface area contributed by atoms with Crippen LogP contribution in [-0.4, -0.2) is 18.0 Å². The molecule has 0 atom stereocenters. The molecule has 0 aliphatic rings. The summed E-state index contributed by atoms with van der Waals surface area (Å²) in [5.41, 5.74) is 0.962. The summed E-state index contributed by atoms with van der Waals surface area (Å²) in [5.74, 6) is 0.792.